The Bertz CT molecular complexity index is 947. The van der Waals surface area contributed by atoms with Crippen LogP contribution in [0.5, 0.6) is 5.88 Å². The number of aromatic amines is 1. The molecular formula is C17H16N4O4. The maximum atomic E-state index is 11.3. The summed E-state index contributed by atoms with van der Waals surface area (Å²) in [7, 11) is 1.53. The zero-order chi connectivity index (χ0) is 18.0. The van der Waals surface area contributed by atoms with E-state index in [-0.39, 0.29) is 11.6 Å². The molecule has 0 aliphatic rings. The lowest BCUT2D eigenvalue weighted by molar-refractivity contribution is -0.114. The van der Waals surface area contributed by atoms with E-state index in [1.165, 1.54) is 20.1 Å². The molecular weight excluding hydrogens is 324 g/mol. The van der Waals surface area contributed by atoms with E-state index in [0.717, 1.165) is 0 Å². The number of aromatic carboxylic acids is 1. The number of ether oxygens (including phenoxy) is 1. The number of hydrogen-bond acceptors (Lipinski definition) is 5. The number of amides is 1. The molecule has 0 spiro atoms. The molecule has 0 saturated heterocycles. The van der Waals surface area contributed by atoms with Crippen molar-refractivity contribution in [3.63, 3.8) is 0 Å². The number of aromatic nitrogens is 2. The third kappa shape index (κ3) is 3.52. The molecule has 0 fully saturated rings. The summed E-state index contributed by atoms with van der Waals surface area (Å²) < 4.78 is 5.03. The van der Waals surface area contributed by atoms with E-state index in [1.54, 1.807) is 30.5 Å². The van der Waals surface area contributed by atoms with E-state index in [0.29, 0.717) is 33.8 Å². The van der Waals surface area contributed by atoms with Crippen LogP contribution in [0, 0.1) is 0 Å². The predicted octanol–water partition coefficient (Wildman–Crippen LogP) is 2.97. The standard InChI is InChI=1S/C17H16N4O4/c1-9(22)19-11-5-13(20-10-3-4-16(25-2)18-8-10)12-7-15(17(23)24)21-14(12)6-11/h3-8,20-21H,1-2H3,(H,19,22)(H,23,24). The van der Waals surface area contributed by atoms with E-state index in [1.807, 2.05) is 0 Å². The fourth-order valence-corrected chi connectivity index (χ4v) is 2.46. The maximum absolute atomic E-state index is 11.3. The SMILES string of the molecule is COc1ccc(Nc2cc(NC(C)=O)cc3[nH]c(C(=O)O)cc23)cn1. The van der Waals surface area contributed by atoms with Gasteiger partial charge in [-0.15, -0.1) is 0 Å². The fraction of sp³-hybridized carbons (Fsp3) is 0.118. The number of nitrogens with one attached hydrogen (secondary N) is 3. The van der Waals surface area contributed by atoms with E-state index >= 15 is 0 Å². The number of benzene rings is 1. The number of nitrogens with zero attached hydrogens (tertiary/aromatic N) is 1. The summed E-state index contributed by atoms with van der Waals surface area (Å²) in [4.78, 5) is 29.5. The summed E-state index contributed by atoms with van der Waals surface area (Å²) in [5.41, 5.74) is 2.53. The van der Waals surface area contributed by atoms with Crippen molar-refractivity contribution in [3.8, 4) is 5.88 Å². The van der Waals surface area contributed by atoms with Crippen molar-refractivity contribution < 1.29 is 19.4 Å². The zero-order valence-corrected chi connectivity index (χ0v) is 13.6. The highest BCUT2D eigenvalue weighted by Crippen LogP contribution is 2.31. The monoisotopic (exact) mass is 340 g/mol. The number of carboxylic acid groups (broad SMARTS) is 1. The molecule has 25 heavy (non-hydrogen) atoms. The molecule has 8 nitrogen and oxygen atoms in total. The lowest BCUT2D eigenvalue weighted by atomic mass is 10.1. The number of carboxylic acids is 1. The van der Waals surface area contributed by atoms with Gasteiger partial charge in [0, 0.05) is 24.1 Å². The topological polar surface area (TPSA) is 116 Å². The number of H-pyrrole nitrogens is 1. The first-order valence-electron chi connectivity index (χ1n) is 7.41. The molecule has 2 heterocycles. The van der Waals surface area contributed by atoms with Crippen LogP contribution in [-0.2, 0) is 4.79 Å². The molecule has 4 N–H and O–H groups in total. The van der Waals surface area contributed by atoms with Crippen LogP contribution in [0.1, 0.15) is 17.4 Å². The number of carbonyl (C=O) groups is 2. The molecule has 0 unspecified atom stereocenters. The van der Waals surface area contributed by atoms with Gasteiger partial charge in [0.15, 0.2) is 0 Å². The van der Waals surface area contributed by atoms with Crippen molar-refractivity contribution in [2.75, 3.05) is 17.7 Å². The number of methoxy groups -OCH3 is 1. The van der Waals surface area contributed by atoms with Crippen molar-refractivity contribution in [2.45, 2.75) is 6.92 Å². The highest BCUT2D eigenvalue weighted by molar-refractivity contribution is 6.03. The van der Waals surface area contributed by atoms with Crippen molar-refractivity contribution in [3.05, 3.63) is 42.2 Å². The van der Waals surface area contributed by atoms with Gasteiger partial charge < -0.3 is 25.5 Å². The maximum Gasteiger partial charge on any atom is 0.352 e. The van der Waals surface area contributed by atoms with Gasteiger partial charge in [-0.2, -0.15) is 0 Å². The lowest BCUT2D eigenvalue weighted by Gasteiger charge is -2.11. The number of hydrogen-bond donors (Lipinski definition) is 4. The molecule has 0 atom stereocenters. The highest BCUT2D eigenvalue weighted by atomic mass is 16.5. The Balaban J connectivity index is 2.05. The number of anilines is 3. The van der Waals surface area contributed by atoms with E-state index < -0.39 is 5.97 Å². The number of fused-ring (bicyclic) bond motifs is 1. The van der Waals surface area contributed by atoms with E-state index in [4.69, 9.17) is 4.74 Å². The first-order chi connectivity index (χ1) is 12.0. The van der Waals surface area contributed by atoms with Crippen LogP contribution in [0.4, 0.5) is 17.1 Å². The molecule has 3 rings (SSSR count). The van der Waals surface area contributed by atoms with E-state index in [2.05, 4.69) is 20.6 Å². The van der Waals surface area contributed by atoms with Crippen LogP contribution < -0.4 is 15.4 Å². The Morgan fingerprint density at radius 2 is 2.00 bits per heavy atom. The third-order valence-electron chi connectivity index (χ3n) is 3.51. The minimum absolute atomic E-state index is 0.0610. The average molecular weight is 340 g/mol. The first-order valence-corrected chi connectivity index (χ1v) is 7.41. The summed E-state index contributed by atoms with van der Waals surface area (Å²) in [6.07, 6.45) is 1.60. The van der Waals surface area contributed by atoms with E-state index in [9.17, 15) is 14.7 Å². The Morgan fingerprint density at radius 3 is 2.60 bits per heavy atom. The van der Waals surface area contributed by atoms with Crippen molar-refractivity contribution in [1.82, 2.24) is 9.97 Å². The molecule has 0 aliphatic heterocycles. The van der Waals surface area contributed by atoms with Gasteiger partial charge in [0.05, 0.1) is 30.2 Å². The molecule has 0 bridgehead atoms. The van der Waals surface area contributed by atoms with Crippen LogP contribution in [0.25, 0.3) is 10.9 Å². The molecule has 8 heteroatoms. The van der Waals surface area contributed by atoms with Crippen LogP contribution >= 0.6 is 0 Å². The molecule has 0 radical (unpaired) electrons. The van der Waals surface area contributed by atoms with Gasteiger partial charge in [-0.1, -0.05) is 0 Å². The molecule has 128 valence electrons. The molecule has 2 aromatic heterocycles. The molecule has 1 aromatic carbocycles. The fourth-order valence-electron chi connectivity index (χ4n) is 2.46. The first kappa shape index (κ1) is 16.3. The number of pyridine rings is 1. The van der Waals surface area contributed by atoms with Crippen LogP contribution in [0.3, 0.4) is 0 Å². The summed E-state index contributed by atoms with van der Waals surface area (Å²) >= 11 is 0. The van der Waals surface area contributed by atoms with Gasteiger partial charge in [-0.3, -0.25) is 4.79 Å². The Hall–Kier alpha value is -3.55. The second kappa shape index (κ2) is 6.52. The lowest BCUT2D eigenvalue weighted by Crippen LogP contribution is -2.06. The summed E-state index contributed by atoms with van der Waals surface area (Å²) in [5.74, 6) is -0.798. The summed E-state index contributed by atoms with van der Waals surface area (Å²) in [5, 5.41) is 15.8. The second-order valence-corrected chi connectivity index (χ2v) is 5.37. The van der Waals surface area contributed by atoms with Crippen LogP contribution in [0.15, 0.2) is 36.5 Å². The average Bonchev–Trinajstić information content (AvgIpc) is 2.99. The van der Waals surface area contributed by atoms with Gasteiger partial charge in [0.2, 0.25) is 11.8 Å². The second-order valence-electron chi connectivity index (χ2n) is 5.37. The normalized spacial score (nSPS) is 10.5. The summed E-state index contributed by atoms with van der Waals surface area (Å²) in [6, 6.07) is 8.44. The molecule has 3 aromatic rings. The zero-order valence-electron chi connectivity index (χ0n) is 13.6. The van der Waals surface area contributed by atoms with Crippen molar-refractivity contribution in [2.24, 2.45) is 0 Å². The minimum Gasteiger partial charge on any atom is -0.481 e. The number of carbonyl (C=O) groups excluding carboxylic acids is 1. The van der Waals surface area contributed by atoms with Gasteiger partial charge in [-0.05, 0) is 24.3 Å². The quantitative estimate of drug-likeness (QED) is 0.567. The van der Waals surface area contributed by atoms with Crippen LogP contribution in [-0.4, -0.2) is 34.1 Å². The van der Waals surface area contributed by atoms with Gasteiger partial charge in [-0.25, -0.2) is 9.78 Å². The van der Waals surface area contributed by atoms with Gasteiger partial charge >= 0.3 is 5.97 Å². The minimum atomic E-state index is -1.06. The highest BCUT2D eigenvalue weighted by Gasteiger charge is 2.13. The number of rotatable bonds is 5. The Morgan fingerprint density at radius 1 is 1.20 bits per heavy atom. The smallest absolute Gasteiger partial charge is 0.352 e. The summed E-state index contributed by atoms with van der Waals surface area (Å²) in [6.45, 7) is 1.40. The third-order valence-corrected chi connectivity index (χ3v) is 3.51. The van der Waals surface area contributed by atoms with Gasteiger partial charge in [0.1, 0.15) is 5.69 Å². The molecule has 0 aliphatic carbocycles. The molecule has 1 amide bonds. The van der Waals surface area contributed by atoms with Crippen LogP contribution in [0.2, 0.25) is 0 Å². The van der Waals surface area contributed by atoms with Crippen molar-refractivity contribution in [1.29, 1.82) is 0 Å². The largest absolute Gasteiger partial charge is 0.481 e. The predicted molar refractivity (Wildman–Crippen MR) is 93.6 cm³/mol. The van der Waals surface area contributed by atoms with Gasteiger partial charge in [0.25, 0.3) is 0 Å². The van der Waals surface area contributed by atoms with Crippen molar-refractivity contribution >= 4 is 39.8 Å². The Kier molecular flexibility index (Phi) is 4.25. The molecule has 0 saturated carbocycles. The Labute approximate surface area is 142 Å².